The molecule has 0 aromatic heterocycles. The number of piperidine rings is 1. The van der Waals surface area contributed by atoms with Crippen molar-refractivity contribution in [2.75, 3.05) is 20.2 Å². The van der Waals surface area contributed by atoms with E-state index in [2.05, 4.69) is 42.0 Å². The number of fused-ring (bicyclic) bond motifs is 4. The Bertz CT molecular complexity index is 979. The summed E-state index contributed by atoms with van der Waals surface area (Å²) >= 11 is 0. The lowest BCUT2D eigenvalue weighted by molar-refractivity contribution is -0.152. The number of hydrogen-bond acceptors (Lipinski definition) is 6. The Balaban J connectivity index is 1.53. The summed E-state index contributed by atoms with van der Waals surface area (Å²) in [6.07, 6.45) is 2.65. The van der Waals surface area contributed by atoms with Crippen LogP contribution in [-0.4, -0.2) is 52.7 Å². The van der Waals surface area contributed by atoms with Gasteiger partial charge in [-0.3, -0.25) is 0 Å². The van der Waals surface area contributed by atoms with Crippen molar-refractivity contribution in [2.45, 2.75) is 50.9 Å². The molecule has 2 aromatic rings. The van der Waals surface area contributed by atoms with Crippen LogP contribution in [0.2, 0.25) is 0 Å². The van der Waals surface area contributed by atoms with Gasteiger partial charge in [0.25, 0.3) is 0 Å². The topological polar surface area (TPSA) is 57.5 Å². The zero-order valence-electron chi connectivity index (χ0n) is 17.8. The lowest BCUT2D eigenvalue weighted by atomic mass is 9.90. The number of aromatic hydroxyl groups is 1. The molecule has 3 aliphatic heterocycles. The number of hydrogen-bond donors (Lipinski definition) is 1. The van der Waals surface area contributed by atoms with E-state index in [0.29, 0.717) is 11.8 Å². The van der Waals surface area contributed by atoms with Gasteiger partial charge in [0, 0.05) is 49.5 Å². The molecule has 0 radical (unpaired) electrons. The van der Waals surface area contributed by atoms with Crippen molar-refractivity contribution in [3.63, 3.8) is 0 Å². The van der Waals surface area contributed by atoms with Crippen LogP contribution in [0.5, 0.6) is 17.2 Å². The molecule has 6 nitrogen and oxygen atoms in total. The van der Waals surface area contributed by atoms with Gasteiger partial charge in [0.2, 0.25) is 5.72 Å². The summed E-state index contributed by atoms with van der Waals surface area (Å²) in [6, 6.07) is 14.5. The molecule has 3 aliphatic rings. The Hall–Kier alpha value is -2.73. The maximum absolute atomic E-state index is 9.98. The fourth-order valence-electron chi connectivity index (χ4n) is 4.98. The number of rotatable bonds is 3. The molecule has 3 heterocycles. The molecule has 0 aliphatic carbocycles. The van der Waals surface area contributed by atoms with Gasteiger partial charge in [-0.05, 0) is 38.1 Å². The van der Waals surface area contributed by atoms with Gasteiger partial charge in [-0.2, -0.15) is 5.10 Å². The van der Waals surface area contributed by atoms with Crippen molar-refractivity contribution in [1.82, 2.24) is 9.91 Å². The van der Waals surface area contributed by atoms with Crippen molar-refractivity contribution >= 4 is 5.71 Å². The van der Waals surface area contributed by atoms with E-state index in [1.54, 1.807) is 13.2 Å². The van der Waals surface area contributed by atoms with E-state index < -0.39 is 5.72 Å². The molecule has 1 N–H and O–H groups in total. The summed E-state index contributed by atoms with van der Waals surface area (Å²) in [7, 11) is 1.57. The average Bonchev–Trinajstić information content (AvgIpc) is 3.21. The highest BCUT2D eigenvalue weighted by Gasteiger charge is 2.51. The Labute approximate surface area is 177 Å². The predicted molar refractivity (Wildman–Crippen MR) is 116 cm³/mol. The van der Waals surface area contributed by atoms with Crippen LogP contribution in [0, 0.1) is 0 Å². The average molecular weight is 408 g/mol. The van der Waals surface area contributed by atoms with Crippen LogP contribution < -0.4 is 9.47 Å². The van der Waals surface area contributed by atoms with E-state index in [9.17, 15) is 5.11 Å². The van der Waals surface area contributed by atoms with E-state index in [0.717, 1.165) is 49.4 Å². The highest BCUT2D eigenvalue weighted by Crippen LogP contribution is 2.50. The molecule has 1 spiro atoms. The molecule has 5 rings (SSSR count). The second-order valence-corrected chi connectivity index (χ2v) is 8.71. The van der Waals surface area contributed by atoms with Crippen LogP contribution in [-0.2, 0) is 0 Å². The van der Waals surface area contributed by atoms with Crippen LogP contribution in [0.1, 0.15) is 50.3 Å². The van der Waals surface area contributed by atoms with Gasteiger partial charge in [0.15, 0.2) is 11.5 Å². The van der Waals surface area contributed by atoms with Gasteiger partial charge >= 0.3 is 0 Å². The number of methoxy groups -OCH3 is 1. The van der Waals surface area contributed by atoms with Crippen LogP contribution >= 0.6 is 0 Å². The highest BCUT2D eigenvalue weighted by atomic mass is 16.5. The number of likely N-dealkylation sites (tertiary alicyclic amines) is 1. The van der Waals surface area contributed by atoms with E-state index >= 15 is 0 Å². The van der Waals surface area contributed by atoms with Gasteiger partial charge in [-0.15, -0.1) is 0 Å². The first kappa shape index (κ1) is 19.2. The van der Waals surface area contributed by atoms with E-state index in [1.807, 2.05) is 18.2 Å². The third-order valence-electron chi connectivity index (χ3n) is 6.73. The van der Waals surface area contributed by atoms with Crippen LogP contribution in [0.25, 0.3) is 0 Å². The fraction of sp³-hybridized carbons (Fsp3) is 0.458. The lowest BCUT2D eigenvalue weighted by Crippen LogP contribution is -2.59. The maximum Gasteiger partial charge on any atom is 0.200 e. The first-order chi connectivity index (χ1) is 14.5. The van der Waals surface area contributed by atoms with Gasteiger partial charge in [0.1, 0.15) is 5.75 Å². The largest absolute Gasteiger partial charge is 0.504 e. The number of phenols is 1. The van der Waals surface area contributed by atoms with Gasteiger partial charge in [-0.25, -0.2) is 5.01 Å². The molecular weight excluding hydrogens is 378 g/mol. The molecule has 1 fully saturated rings. The maximum atomic E-state index is 9.98. The second-order valence-electron chi connectivity index (χ2n) is 8.71. The number of hydrazone groups is 1. The second kappa shape index (κ2) is 7.20. The Kier molecular flexibility index (Phi) is 4.62. The summed E-state index contributed by atoms with van der Waals surface area (Å²) in [5, 5.41) is 17.3. The molecule has 158 valence electrons. The molecule has 2 aromatic carbocycles. The van der Waals surface area contributed by atoms with Crippen molar-refractivity contribution in [2.24, 2.45) is 5.10 Å². The smallest absolute Gasteiger partial charge is 0.200 e. The molecule has 1 unspecified atom stereocenters. The minimum absolute atomic E-state index is 0.142. The van der Waals surface area contributed by atoms with Crippen molar-refractivity contribution < 1.29 is 14.6 Å². The molecule has 0 bridgehead atoms. The van der Waals surface area contributed by atoms with Crippen LogP contribution in [0.15, 0.2) is 47.6 Å². The third kappa shape index (κ3) is 3.01. The van der Waals surface area contributed by atoms with Crippen LogP contribution in [0.4, 0.5) is 0 Å². The molecule has 0 saturated carbocycles. The standard InChI is InChI=1S/C24H29N3O3/c1-16(2)26-12-10-24(11-13-26)27-20(18-6-4-5-7-22(18)30-24)15-19(25-27)17-8-9-21(28)23(14-17)29-3/h4-9,14,16,20,28H,10-13,15H2,1-3H3. The number of nitrogens with zero attached hydrogens (tertiary/aromatic N) is 3. The van der Waals surface area contributed by atoms with Crippen molar-refractivity contribution in [1.29, 1.82) is 0 Å². The first-order valence-corrected chi connectivity index (χ1v) is 10.8. The van der Waals surface area contributed by atoms with Crippen molar-refractivity contribution in [3.05, 3.63) is 53.6 Å². The molecule has 1 saturated heterocycles. The minimum Gasteiger partial charge on any atom is -0.504 e. The molecule has 0 amide bonds. The lowest BCUT2D eigenvalue weighted by Gasteiger charge is -2.51. The summed E-state index contributed by atoms with van der Waals surface area (Å²) in [5.74, 6) is 1.59. The fourth-order valence-corrected chi connectivity index (χ4v) is 4.98. The summed E-state index contributed by atoms with van der Waals surface area (Å²) in [5.41, 5.74) is 2.77. The normalized spacial score (nSPS) is 22.5. The Morgan fingerprint density at radius 2 is 1.93 bits per heavy atom. The zero-order valence-corrected chi connectivity index (χ0v) is 17.8. The minimum atomic E-state index is -0.410. The number of phenolic OH excluding ortho intramolecular Hbond substituents is 1. The van der Waals surface area contributed by atoms with E-state index in [-0.39, 0.29) is 11.8 Å². The zero-order chi connectivity index (χ0) is 20.9. The van der Waals surface area contributed by atoms with E-state index in [4.69, 9.17) is 14.6 Å². The van der Waals surface area contributed by atoms with E-state index in [1.165, 1.54) is 5.56 Å². The number of para-hydroxylation sites is 1. The van der Waals surface area contributed by atoms with Crippen molar-refractivity contribution in [3.8, 4) is 17.2 Å². The Morgan fingerprint density at radius 1 is 1.17 bits per heavy atom. The number of benzene rings is 2. The van der Waals surface area contributed by atoms with Crippen LogP contribution in [0.3, 0.4) is 0 Å². The summed E-state index contributed by atoms with van der Waals surface area (Å²) < 4.78 is 12.0. The first-order valence-electron chi connectivity index (χ1n) is 10.8. The van der Waals surface area contributed by atoms with Gasteiger partial charge < -0.3 is 19.5 Å². The predicted octanol–water partition coefficient (Wildman–Crippen LogP) is 4.14. The van der Waals surface area contributed by atoms with Gasteiger partial charge in [0.05, 0.1) is 18.9 Å². The molecule has 1 atom stereocenters. The summed E-state index contributed by atoms with van der Waals surface area (Å²) in [6.45, 7) is 6.51. The molecule has 6 heteroatoms. The quantitative estimate of drug-likeness (QED) is 0.829. The monoisotopic (exact) mass is 407 g/mol. The van der Waals surface area contributed by atoms with Gasteiger partial charge in [-0.1, -0.05) is 18.2 Å². The number of ether oxygens (including phenoxy) is 2. The third-order valence-corrected chi connectivity index (χ3v) is 6.73. The summed E-state index contributed by atoms with van der Waals surface area (Å²) in [4.78, 5) is 2.51. The Morgan fingerprint density at radius 3 is 2.67 bits per heavy atom. The molecular formula is C24H29N3O3. The molecule has 30 heavy (non-hydrogen) atoms. The highest BCUT2D eigenvalue weighted by molar-refractivity contribution is 6.02. The SMILES string of the molecule is COc1cc(C2=NN3C(C2)c2ccccc2OC32CCN(C(C)C)CC2)ccc1O.